The summed E-state index contributed by atoms with van der Waals surface area (Å²) in [6.07, 6.45) is 6.02. The fourth-order valence-electron chi connectivity index (χ4n) is 3.40. The lowest BCUT2D eigenvalue weighted by molar-refractivity contribution is 0.202. The molecule has 3 aromatic carbocycles. The second-order valence-corrected chi connectivity index (χ2v) is 7.62. The van der Waals surface area contributed by atoms with Gasteiger partial charge in [-0.1, -0.05) is 30.0 Å². The average molecular weight is 446 g/mol. The van der Waals surface area contributed by atoms with Gasteiger partial charge in [0, 0.05) is 42.4 Å². The monoisotopic (exact) mass is 446 g/mol. The minimum atomic E-state index is -1.47. The summed E-state index contributed by atoms with van der Waals surface area (Å²) in [6.45, 7) is 0.649. The molecule has 4 rings (SSSR count). The zero-order chi connectivity index (χ0) is 23.2. The number of ether oxygens (including phenoxy) is 1. The maximum absolute atomic E-state index is 13.8. The highest BCUT2D eigenvalue weighted by Crippen LogP contribution is 2.24. The maximum Gasteiger partial charge on any atom is 0.195 e. The largest absolute Gasteiger partial charge is 0.384 e. The van der Waals surface area contributed by atoms with Gasteiger partial charge in [-0.3, -0.25) is 0 Å². The third-order valence-electron chi connectivity index (χ3n) is 5.27. The number of methoxy groups -OCH3 is 1. The SMILES string of the molecule is COCCc1cnc(CCc2ccc(C#Cc3ccc4c(F)c(F)c(F)cc4c3)cc2)nc1. The Morgan fingerprint density at radius 1 is 0.758 bits per heavy atom. The maximum atomic E-state index is 13.8. The number of aromatic nitrogens is 2. The summed E-state index contributed by atoms with van der Waals surface area (Å²) < 4.78 is 45.8. The van der Waals surface area contributed by atoms with Crippen molar-refractivity contribution in [2.45, 2.75) is 19.3 Å². The second kappa shape index (κ2) is 10.3. The van der Waals surface area contributed by atoms with Crippen LogP contribution < -0.4 is 0 Å². The van der Waals surface area contributed by atoms with Gasteiger partial charge < -0.3 is 4.74 Å². The van der Waals surface area contributed by atoms with E-state index in [2.05, 4.69) is 21.8 Å². The fourth-order valence-corrected chi connectivity index (χ4v) is 3.40. The number of aryl methyl sites for hydroxylation is 2. The number of hydrogen-bond acceptors (Lipinski definition) is 3. The van der Waals surface area contributed by atoms with Crippen LogP contribution >= 0.6 is 0 Å². The van der Waals surface area contributed by atoms with Crippen LogP contribution in [-0.4, -0.2) is 23.7 Å². The van der Waals surface area contributed by atoms with E-state index in [9.17, 15) is 13.2 Å². The molecule has 1 aromatic heterocycles. The normalized spacial score (nSPS) is 10.8. The number of hydrogen-bond donors (Lipinski definition) is 0. The molecule has 3 nitrogen and oxygen atoms in total. The van der Waals surface area contributed by atoms with Crippen LogP contribution in [0, 0.1) is 29.3 Å². The Bertz CT molecular complexity index is 1320. The van der Waals surface area contributed by atoms with Gasteiger partial charge in [-0.2, -0.15) is 0 Å². The summed E-state index contributed by atoms with van der Waals surface area (Å²) in [5.41, 5.74) is 3.60. The summed E-state index contributed by atoms with van der Waals surface area (Å²) in [5.74, 6) is 2.96. The molecule has 0 unspecified atom stereocenters. The molecule has 0 bridgehead atoms. The van der Waals surface area contributed by atoms with E-state index in [1.165, 1.54) is 6.07 Å². The highest BCUT2D eigenvalue weighted by molar-refractivity contribution is 5.84. The third kappa shape index (κ3) is 5.57. The predicted octanol–water partition coefficient (Wildman–Crippen LogP) is 5.42. The highest BCUT2D eigenvalue weighted by atomic mass is 19.2. The zero-order valence-corrected chi connectivity index (χ0v) is 18.0. The Balaban J connectivity index is 1.40. The lowest BCUT2D eigenvalue weighted by Crippen LogP contribution is -2.01. The van der Waals surface area contributed by atoms with E-state index in [1.54, 1.807) is 19.2 Å². The second-order valence-electron chi connectivity index (χ2n) is 7.62. The molecule has 0 saturated carbocycles. The van der Waals surface area contributed by atoms with Crippen molar-refractivity contribution >= 4 is 10.8 Å². The molecule has 33 heavy (non-hydrogen) atoms. The van der Waals surface area contributed by atoms with Gasteiger partial charge in [-0.15, -0.1) is 0 Å². The van der Waals surface area contributed by atoms with Gasteiger partial charge in [-0.25, -0.2) is 23.1 Å². The van der Waals surface area contributed by atoms with E-state index in [1.807, 2.05) is 36.7 Å². The van der Waals surface area contributed by atoms with Crippen molar-refractivity contribution in [3.8, 4) is 11.8 Å². The van der Waals surface area contributed by atoms with Gasteiger partial charge in [0.2, 0.25) is 0 Å². The van der Waals surface area contributed by atoms with Crippen LogP contribution in [0.25, 0.3) is 10.8 Å². The molecule has 0 N–H and O–H groups in total. The molecule has 6 heteroatoms. The Kier molecular flexibility index (Phi) is 7.01. The molecule has 4 aromatic rings. The quantitative estimate of drug-likeness (QED) is 0.293. The predicted molar refractivity (Wildman–Crippen MR) is 121 cm³/mol. The Hall–Kier alpha value is -3.69. The minimum absolute atomic E-state index is 0.0254. The van der Waals surface area contributed by atoms with Crippen LogP contribution in [0.3, 0.4) is 0 Å². The molecule has 0 aliphatic heterocycles. The molecule has 0 atom stereocenters. The average Bonchev–Trinajstić information content (AvgIpc) is 2.84. The molecule has 0 fully saturated rings. The number of fused-ring (bicyclic) bond motifs is 1. The summed E-state index contributed by atoms with van der Waals surface area (Å²) in [6, 6.07) is 13.4. The molecule has 0 aliphatic rings. The summed E-state index contributed by atoms with van der Waals surface area (Å²) in [4.78, 5) is 8.82. The van der Waals surface area contributed by atoms with Crippen LogP contribution in [0.1, 0.15) is 28.1 Å². The number of halogens is 3. The zero-order valence-electron chi connectivity index (χ0n) is 18.0. The van der Waals surface area contributed by atoms with Crippen molar-refractivity contribution in [2.75, 3.05) is 13.7 Å². The molecule has 0 saturated heterocycles. The summed E-state index contributed by atoms with van der Waals surface area (Å²) in [5, 5.41) is 0.292. The first-order chi connectivity index (χ1) is 16.0. The Morgan fingerprint density at radius 3 is 2.18 bits per heavy atom. The molecule has 0 radical (unpaired) electrons. The van der Waals surface area contributed by atoms with E-state index in [4.69, 9.17) is 4.74 Å². The number of rotatable bonds is 6. The van der Waals surface area contributed by atoms with Crippen molar-refractivity contribution in [1.29, 1.82) is 0 Å². The molecule has 166 valence electrons. The van der Waals surface area contributed by atoms with Gasteiger partial charge in [0.15, 0.2) is 17.5 Å². The van der Waals surface area contributed by atoms with E-state index < -0.39 is 17.5 Å². The van der Waals surface area contributed by atoms with Crippen molar-refractivity contribution in [2.24, 2.45) is 0 Å². The summed E-state index contributed by atoms with van der Waals surface area (Å²) in [7, 11) is 1.67. The van der Waals surface area contributed by atoms with E-state index >= 15 is 0 Å². The molecule has 0 amide bonds. The molecule has 1 heterocycles. The lowest BCUT2D eigenvalue weighted by Gasteiger charge is -2.03. The number of nitrogens with zero attached hydrogens (tertiary/aromatic N) is 2. The Labute approximate surface area is 190 Å². The topological polar surface area (TPSA) is 35.0 Å². The van der Waals surface area contributed by atoms with E-state index in [0.29, 0.717) is 12.2 Å². The van der Waals surface area contributed by atoms with Crippen LogP contribution in [-0.2, 0) is 24.0 Å². The standard InChI is InChI=1S/C27H21F3N2O/c1-33-13-12-21-16-31-25(32-17-21)11-9-19-4-2-18(3-5-19)6-7-20-8-10-23-22(14-20)15-24(28)27(30)26(23)29/h2-5,8,10,14-17H,9,11-13H2,1H3. The van der Waals surface area contributed by atoms with Gasteiger partial charge in [0.1, 0.15) is 5.82 Å². The molecular weight excluding hydrogens is 425 g/mol. The van der Waals surface area contributed by atoms with Gasteiger partial charge in [0.05, 0.1) is 6.61 Å². The van der Waals surface area contributed by atoms with Crippen molar-refractivity contribution < 1.29 is 17.9 Å². The van der Waals surface area contributed by atoms with Crippen molar-refractivity contribution in [3.05, 3.63) is 106 Å². The lowest BCUT2D eigenvalue weighted by atomic mass is 10.0. The van der Waals surface area contributed by atoms with Gasteiger partial charge in [-0.05, 0) is 59.7 Å². The van der Waals surface area contributed by atoms with E-state index in [0.717, 1.165) is 47.8 Å². The summed E-state index contributed by atoms with van der Waals surface area (Å²) >= 11 is 0. The third-order valence-corrected chi connectivity index (χ3v) is 5.27. The molecular formula is C27H21F3N2O. The van der Waals surface area contributed by atoms with E-state index in [-0.39, 0.29) is 10.8 Å². The smallest absolute Gasteiger partial charge is 0.195 e. The van der Waals surface area contributed by atoms with Crippen molar-refractivity contribution in [1.82, 2.24) is 9.97 Å². The molecule has 0 spiro atoms. The first-order valence-corrected chi connectivity index (χ1v) is 10.5. The Morgan fingerprint density at radius 2 is 1.45 bits per heavy atom. The first kappa shape index (κ1) is 22.5. The van der Waals surface area contributed by atoms with Crippen LogP contribution in [0.5, 0.6) is 0 Å². The number of benzene rings is 3. The first-order valence-electron chi connectivity index (χ1n) is 10.5. The van der Waals surface area contributed by atoms with Crippen LogP contribution in [0.15, 0.2) is 60.9 Å². The highest BCUT2D eigenvalue weighted by Gasteiger charge is 2.13. The van der Waals surface area contributed by atoms with Gasteiger partial charge in [0.25, 0.3) is 0 Å². The van der Waals surface area contributed by atoms with Crippen LogP contribution in [0.2, 0.25) is 0 Å². The molecule has 0 aliphatic carbocycles. The fraction of sp³-hybridized carbons (Fsp3) is 0.185. The van der Waals surface area contributed by atoms with Crippen molar-refractivity contribution in [3.63, 3.8) is 0 Å². The minimum Gasteiger partial charge on any atom is -0.384 e. The van der Waals surface area contributed by atoms with Gasteiger partial charge >= 0.3 is 0 Å². The van der Waals surface area contributed by atoms with Crippen LogP contribution in [0.4, 0.5) is 13.2 Å².